The number of phenols is 1. The first kappa shape index (κ1) is 16.2. The second kappa shape index (κ2) is 7.66. The van der Waals surface area contributed by atoms with Crippen molar-refractivity contribution in [2.24, 2.45) is 0 Å². The molecule has 0 fully saturated rings. The number of carbonyl (C=O) groups is 2. The number of hydrogen-bond acceptors (Lipinski definition) is 4. The topological polar surface area (TPSA) is 90.9 Å². The number of amides is 3. The highest BCUT2D eigenvalue weighted by Gasteiger charge is 2.19. The summed E-state index contributed by atoms with van der Waals surface area (Å²) in [6.07, 6.45) is -0.826. The predicted octanol–water partition coefficient (Wildman–Crippen LogP) is 2.07. The number of aromatic hydroxyl groups is 1. The maximum absolute atomic E-state index is 11.6. The summed E-state index contributed by atoms with van der Waals surface area (Å²) in [4.78, 5) is 23.2. The summed E-state index contributed by atoms with van der Waals surface area (Å²) in [5, 5.41) is 12.6. The van der Waals surface area contributed by atoms with Crippen LogP contribution >= 0.6 is 23.2 Å². The molecule has 110 valence electrons. The van der Waals surface area contributed by atoms with Gasteiger partial charge in [-0.05, 0) is 18.2 Å². The molecule has 0 aromatic heterocycles. The smallest absolute Gasteiger partial charge is 0.433 e. The van der Waals surface area contributed by atoms with Crippen molar-refractivity contribution in [3.63, 3.8) is 0 Å². The van der Waals surface area contributed by atoms with Crippen LogP contribution in [-0.4, -0.2) is 36.8 Å². The Labute approximate surface area is 125 Å². The molecule has 0 saturated carbocycles. The lowest BCUT2D eigenvalue weighted by Gasteiger charge is -2.22. The van der Waals surface area contributed by atoms with Gasteiger partial charge in [0.2, 0.25) is 0 Å². The van der Waals surface area contributed by atoms with E-state index in [2.05, 4.69) is 15.5 Å². The molecule has 0 saturated heterocycles. The Morgan fingerprint density at radius 1 is 1.45 bits per heavy atom. The minimum Gasteiger partial charge on any atom is -0.506 e. The lowest BCUT2D eigenvalue weighted by Crippen LogP contribution is -2.50. The molecule has 3 amide bonds. The molecule has 0 heterocycles. The van der Waals surface area contributed by atoms with E-state index in [1.165, 1.54) is 18.2 Å². The van der Waals surface area contributed by atoms with E-state index in [4.69, 9.17) is 23.2 Å². The first-order valence-corrected chi connectivity index (χ1v) is 6.38. The third-order valence-corrected chi connectivity index (χ3v) is 2.63. The molecule has 0 aliphatic heterocycles. The molecule has 9 heteroatoms. The third-order valence-electron chi connectivity index (χ3n) is 2.14. The van der Waals surface area contributed by atoms with Crippen LogP contribution < -0.4 is 15.8 Å². The summed E-state index contributed by atoms with van der Waals surface area (Å²) in [6, 6.07) is 3.34. The van der Waals surface area contributed by atoms with Crippen LogP contribution in [-0.2, 0) is 4.74 Å². The monoisotopic (exact) mass is 321 g/mol. The lowest BCUT2D eigenvalue weighted by molar-refractivity contribution is 0.174. The number of hydrogen-bond donors (Lipinski definition) is 3. The van der Waals surface area contributed by atoms with Crippen molar-refractivity contribution < 1.29 is 19.4 Å². The fourth-order valence-electron chi connectivity index (χ4n) is 1.24. The van der Waals surface area contributed by atoms with E-state index in [0.29, 0.717) is 0 Å². The highest BCUT2D eigenvalue weighted by molar-refractivity contribution is 6.32. The largest absolute Gasteiger partial charge is 0.506 e. The summed E-state index contributed by atoms with van der Waals surface area (Å²) in [5.41, 5.74) is 2.50. The van der Waals surface area contributed by atoms with Gasteiger partial charge in [-0.2, -0.15) is 5.01 Å². The number of alkyl halides is 1. The molecular formula is C11H13Cl2N3O4. The van der Waals surface area contributed by atoms with Crippen molar-refractivity contribution in [2.45, 2.75) is 0 Å². The van der Waals surface area contributed by atoms with Crippen LogP contribution in [0.3, 0.4) is 0 Å². The molecule has 20 heavy (non-hydrogen) atoms. The zero-order valence-electron chi connectivity index (χ0n) is 10.5. The molecule has 0 aliphatic rings. The second-order valence-corrected chi connectivity index (χ2v) is 4.28. The summed E-state index contributed by atoms with van der Waals surface area (Å²) in [6.45, 7) is 0.235. The zero-order chi connectivity index (χ0) is 15.1. The number of benzene rings is 1. The van der Waals surface area contributed by atoms with Crippen LogP contribution in [0.5, 0.6) is 5.75 Å². The van der Waals surface area contributed by atoms with E-state index in [-0.39, 0.29) is 28.9 Å². The molecule has 7 nitrogen and oxygen atoms in total. The number of nitrogens with one attached hydrogen (secondary N) is 2. The highest BCUT2D eigenvalue weighted by atomic mass is 35.5. The molecule has 0 bridgehead atoms. The number of nitrogens with zero attached hydrogens (tertiary/aromatic N) is 1. The van der Waals surface area contributed by atoms with Gasteiger partial charge in [-0.1, -0.05) is 11.6 Å². The summed E-state index contributed by atoms with van der Waals surface area (Å²) in [5.74, 6) is 0.0864. The van der Waals surface area contributed by atoms with Gasteiger partial charge in [-0.3, -0.25) is 0 Å². The Kier molecular flexibility index (Phi) is 6.20. The molecule has 0 spiro atoms. The first-order valence-electron chi connectivity index (χ1n) is 5.46. The minimum atomic E-state index is -0.826. The summed E-state index contributed by atoms with van der Waals surface area (Å²) >= 11 is 11.2. The van der Waals surface area contributed by atoms with Gasteiger partial charge >= 0.3 is 12.1 Å². The number of phenolic OH excluding ortho intramolecular Hbond substituents is 1. The van der Waals surface area contributed by atoms with E-state index in [1.54, 1.807) is 0 Å². The Bertz CT molecular complexity index is 499. The molecule has 1 aromatic rings. The average molecular weight is 322 g/mol. The summed E-state index contributed by atoms with van der Waals surface area (Å²) < 4.78 is 4.56. The van der Waals surface area contributed by atoms with Crippen LogP contribution in [0.25, 0.3) is 0 Å². The Morgan fingerprint density at radius 2 is 2.15 bits per heavy atom. The van der Waals surface area contributed by atoms with Gasteiger partial charge < -0.3 is 15.2 Å². The van der Waals surface area contributed by atoms with Crippen LogP contribution in [0, 0.1) is 0 Å². The van der Waals surface area contributed by atoms with E-state index < -0.39 is 12.1 Å². The van der Waals surface area contributed by atoms with Gasteiger partial charge in [-0.15, -0.1) is 11.6 Å². The number of carbonyl (C=O) groups excluding carboxylic acids is 2. The van der Waals surface area contributed by atoms with Gasteiger partial charge in [0.25, 0.3) is 0 Å². The van der Waals surface area contributed by atoms with Crippen molar-refractivity contribution >= 4 is 41.0 Å². The Morgan fingerprint density at radius 3 is 2.70 bits per heavy atom. The number of halogens is 2. The molecule has 3 N–H and O–H groups in total. The SMILES string of the molecule is COC(=O)N(NC(=O)NCCCl)c1ccc(O)c(Cl)c1. The van der Waals surface area contributed by atoms with Crippen LogP contribution in [0.1, 0.15) is 0 Å². The maximum Gasteiger partial charge on any atom is 0.433 e. The quantitative estimate of drug-likeness (QED) is 0.587. The Balaban J connectivity index is 2.91. The van der Waals surface area contributed by atoms with Gasteiger partial charge in [-0.25, -0.2) is 15.0 Å². The van der Waals surface area contributed by atoms with Crippen LogP contribution in [0.2, 0.25) is 5.02 Å². The zero-order valence-corrected chi connectivity index (χ0v) is 12.0. The Hall–Kier alpha value is -1.86. The predicted molar refractivity (Wildman–Crippen MR) is 75.3 cm³/mol. The normalized spacial score (nSPS) is 9.75. The van der Waals surface area contributed by atoms with E-state index in [1.807, 2.05) is 0 Å². The van der Waals surface area contributed by atoms with E-state index in [0.717, 1.165) is 12.1 Å². The van der Waals surface area contributed by atoms with Crippen LogP contribution in [0.4, 0.5) is 15.3 Å². The van der Waals surface area contributed by atoms with E-state index in [9.17, 15) is 14.7 Å². The number of hydrazine groups is 1. The molecule has 0 unspecified atom stereocenters. The van der Waals surface area contributed by atoms with Crippen molar-refractivity contribution in [1.29, 1.82) is 0 Å². The number of anilines is 1. The third kappa shape index (κ3) is 4.36. The van der Waals surface area contributed by atoms with Crippen molar-refractivity contribution in [3.8, 4) is 5.75 Å². The number of methoxy groups -OCH3 is 1. The average Bonchev–Trinajstić information content (AvgIpc) is 2.44. The van der Waals surface area contributed by atoms with Gasteiger partial charge in [0.15, 0.2) is 0 Å². The van der Waals surface area contributed by atoms with Crippen molar-refractivity contribution in [3.05, 3.63) is 23.2 Å². The molecule has 1 aromatic carbocycles. The van der Waals surface area contributed by atoms with Crippen molar-refractivity contribution in [2.75, 3.05) is 24.5 Å². The van der Waals surface area contributed by atoms with E-state index >= 15 is 0 Å². The first-order chi connectivity index (χ1) is 9.49. The molecule has 0 atom stereocenters. The highest BCUT2D eigenvalue weighted by Crippen LogP contribution is 2.27. The van der Waals surface area contributed by atoms with Crippen molar-refractivity contribution in [1.82, 2.24) is 10.7 Å². The molecule has 0 aliphatic carbocycles. The fourth-order valence-corrected chi connectivity index (χ4v) is 1.51. The number of urea groups is 1. The fraction of sp³-hybridized carbons (Fsp3) is 0.273. The van der Waals surface area contributed by atoms with Crippen LogP contribution in [0.15, 0.2) is 18.2 Å². The number of ether oxygens (including phenoxy) is 1. The molecule has 0 radical (unpaired) electrons. The van der Waals surface area contributed by atoms with Gasteiger partial charge in [0, 0.05) is 12.4 Å². The molecule has 1 rings (SSSR count). The second-order valence-electron chi connectivity index (χ2n) is 3.50. The maximum atomic E-state index is 11.6. The summed E-state index contributed by atoms with van der Waals surface area (Å²) in [7, 11) is 1.16. The minimum absolute atomic E-state index is 0.0272. The van der Waals surface area contributed by atoms with Gasteiger partial charge in [0.05, 0.1) is 17.8 Å². The number of rotatable bonds is 3. The molecular weight excluding hydrogens is 309 g/mol. The lowest BCUT2D eigenvalue weighted by atomic mass is 10.3. The van der Waals surface area contributed by atoms with Gasteiger partial charge in [0.1, 0.15) is 5.75 Å². The standard InChI is InChI=1S/C11H13Cl2N3O4/c1-20-11(19)16(15-10(18)14-5-4-12)7-2-3-9(17)8(13)6-7/h2-3,6,17H,4-5H2,1H3,(H2,14,15,18).